The first kappa shape index (κ1) is 16.1. The van der Waals surface area contributed by atoms with E-state index in [-0.39, 0.29) is 5.91 Å². The number of pyridine rings is 1. The standard InChI is InChI=1S/C20H24N4O/c25-20(22-10-13-24-11-3-1-2-4-12-24)17-14-16-8-7-15-6-5-9-21-18(15)19(16)23-17/h5-9,14,23H,1-4,10-13H2,(H,22,25). The molecule has 0 atom stereocenters. The Balaban J connectivity index is 1.44. The molecule has 3 heterocycles. The third-order valence-corrected chi connectivity index (χ3v) is 5.02. The lowest BCUT2D eigenvalue weighted by molar-refractivity contribution is 0.0944. The third kappa shape index (κ3) is 3.51. The summed E-state index contributed by atoms with van der Waals surface area (Å²) in [6.45, 7) is 3.92. The Kier molecular flexibility index (Phi) is 4.65. The zero-order valence-corrected chi connectivity index (χ0v) is 14.4. The lowest BCUT2D eigenvalue weighted by Gasteiger charge is -2.19. The first-order chi connectivity index (χ1) is 12.3. The van der Waals surface area contributed by atoms with Crippen molar-refractivity contribution >= 4 is 27.7 Å². The lowest BCUT2D eigenvalue weighted by atomic mass is 10.1. The number of aromatic amines is 1. The number of fused-ring (bicyclic) bond motifs is 3. The Morgan fingerprint density at radius 3 is 2.76 bits per heavy atom. The van der Waals surface area contributed by atoms with Crippen molar-refractivity contribution in [3.63, 3.8) is 0 Å². The number of carbonyl (C=O) groups excluding carboxylic acids is 1. The summed E-state index contributed by atoms with van der Waals surface area (Å²) in [6.07, 6.45) is 7.00. The minimum absolute atomic E-state index is 0.0462. The van der Waals surface area contributed by atoms with Gasteiger partial charge in [0.1, 0.15) is 5.69 Å². The molecule has 1 aliphatic rings. The number of benzene rings is 1. The van der Waals surface area contributed by atoms with Gasteiger partial charge in [0.25, 0.3) is 5.91 Å². The summed E-state index contributed by atoms with van der Waals surface area (Å²) in [4.78, 5) is 22.6. The molecule has 0 bridgehead atoms. The van der Waals surface area contributed by atoms with Crippen LogP contribution >= 0.6 is 0 Å². The van der Waals surface area contributed by atoms with Crippen molar-refractivity contribution in [3.05, 3.63) is 42.2 Å². The number of likely N-dealkylation sites (tertiary alicyclic amines) is 1. The van der Waals surface area contributed by atoms with Gasteiger partial charge in [-0.1, -0.05) is 31.0 Å². The summed E-state index contributed by atoms with van der Waals surface area (Å²) in [5, 5.41) is 5.13. The Bertz CT molecular complexity index is 878. The molecule has 1 fully saturated rings. The van der Waals surface area contributed by atoms with Gasteiger partial charge in [-0.05, 0) is 38.1 Å². The van der Waals surface area contributed by atoms with Gasteiger partial charge in [-0.25, -0.2) is 0 Å². The van der Waals surface area contributed by atoms with Crippen LogP contribution in [0.25, 0.3) is 21.8 Å². The zero-order chi connectivity index (χ0) is 17.1. The summed E-state index contributed by atoms with van der Waals surface area (Å²) < 4.78 is 0. The predicted molar refractivity (Wildman–Crippen MR) is 101 cm³/mol. The van der Waals surface area contributed by atoms with E-state index in [0.29, 0.717) is 12.2 Å². The molecule has 1 aromatic carbocycles. The molecule has 0 saturated carbocycles. The number of H-pyrrole nitrogens is 1. The SMILES string of the molecule is O=C(NCCN1CCCCCC1)c1cc2ccc3cccnc3c2[nH]1. The summed E-state index contributed by atoms with van der Waals surface area (Å²) >= 11 is 0. The molecular formula is C20H24N4O. The van der Waals surface area contributed by atoms with Crippen LogP contribution in [0.4, 0.5) is 0 Å². The second-order valence-electron chi connectivity index (χ2n) is 6.80. The van der Waals surface area contributed by atoms with E-state index < -0.39 is 0 Å². The maximum absolute atomic E-state index is 12.5. The first-order valence-corrected chi connectivity index (χ1v) is 9.18. The number of carbonyl (C=O) groups is 1. The smallest absolute Gasteiger partial charge is 0.267 e. The molecule has 0 aliphatic carbocycles. The molecule has 25 heavy (non-hydrogen) atoms. The van der Waals surface area contributed by atoms with Crippen LogP contribution in [-0.4, -0.2) is 47.0 Å². The normalized spacial score (nSPS) is 16.2. The minimum atomic E-state index is -0.0462. The Morgan fingerprint density at radius 1 is 1.12 bits per heavy atom. The zero-order valence-electron chi connectivity index (χ0n) is 14.4. The van der Waals surface area contributed by atoms with E-state index in [9.17, 15) is 4.79 Å². The van der Waals surface area contributed by atoms with Crippen LogP contribution in [0.2, 0.25) is 0 Å². The molecule has 1 amide bonds. The van der Waals surface area contributed by atoms with Crippen molar-refractivity contribution in [2.24, 2.45) is 0 Å². The van der Waals surface area contributed by atoms with Crippen molar-refractivity contribution in [1.82, 2.24) is 20.2 Å². The fourth-order valence-corrected chi connectivity index (χ4v) is 3.64. The number of amides is 1. The van der Waals surface area contributed by atoms with E-state index in [1.165, 1.54) is 25.7 Å². The van der Waals surface area contributed by atoms with Gasteiger partial charge in [0.15, 0.2) is 0 Å². The molecule has 0 spiro atoms. The van der Waals surface area contributed by atoms with Crippen molar-refractivity contribution in [1.29, 1.82) is 0 Å². The second kappa shape index (κ2) is 7.23. The molecule has 1 saturated heterocycles. The molecule has 3 aromatic rings. The molecule has 1 aliphatic heterocycles. The average Bonchev–Trinajstić information content (AvgIpc) is 2.92. The quantitative estimate of drug-likeness (QED) is 0.768. The van der Waals surface area contributed by atoms with Gasteiger partial charge in [0.2, 0.25) is 0 Å². The van der Waals surface area contributed by atoms with Gasteiger partial charge >= 0.3 is 0 Å². The molecule has 2 N–H and O–H groups in total. The van der Waals surface area contributed by atoms with Crippen LogP contribution < -0.4 is 5.32 Å². The van der Waals surface area contributed by atoms with Crippen LogP contribution in [0.5, 0.6) is 0 Å². The summed E-state index contributed by atoms with van der Waals surface area (Å²) in [5.41, 5.74) is 2.43. The van der Waals surface area contributed by atoms with E-state index >= 15 is 0 Å². The van der Waals surface area contributed by atoms with Gasteiger partial charge in [0, 0.05) is 30.1 Å². The first-order valence-electron chi connectivity index (χ1n) is 9.18. The van der Waals surface area contributed by atoms with Crippen LogP contribution in [0.15, 0.2) is 36.5 Å². The van der Waals surface area contributed by atoms with Crippen LogP contribution in [0, 0.1) is 0 Å². The molecule has 0 radical (unpaired) electrons. The number of nitrogens with one attached hydrogen (secondary N) is 2. The number of aromatic nitrogens is 2. The summed E-state index contributed by atoms with van der Waals surface area (Å²) in [5.74, 6) is -0.0462. The maximum atomic E-state index is 12.5. The summed E-state index contributed by atoms with van der Waals surface area (Å²) in [7, 11) is 0. The topological polar surface area (TPSA) is 61.0 Å². The van der Waals surface area contributed by atoms with E-state index in [1.807, 2.05) is 30.3 Å². The number of hydrogen-bond donors (Lipinski definition) is 2. The molecule has 2 aromatic heterocycles. The molecule has 5 nitrogen and oxygen atoms in total. The van der Waals surface area contributed by atoms with E-state index in [1.54, 1.807) is 6.20 Å². The molecule has 4 rings (SSSR count). The molecular weight excluding hydrogens is 312 g/mol. The van der Waals surface area contributed by atoms with E-state index in [4.69, 9.17) is 0 Å². The Morgan fingerprint density at radius 2 is 1.92 bits per heavy atom. The lowest BCUT2D eigenvalue weighted by Crippen LogP contribution is -2.35. The van der Waals surface area contributed by atoms with Crippen molar-refractivity contribution in [2.45, 2.75) is 25.7 Å². The Labute approximate surface area is 147 Å². The minimum Gasteiger partial charge on any atom is -0.349 e. The monoisotopic (exact) mass is 336 g/mol. The summed E-state index contributed by atoms with van der Waals surface area (Å²) in [6, 6.07) is 9.94. The number of rotatable bonds is 4. The number of hydrogen-bond acceptors (Lipinski definition) is 3. The van der Waals surface area contributed by atoms with Gasteiger partial charge in [0.05, 0.1) is 11.0 Å². The highest BCUT2D eigenvalue weighted by Crippen LogP contribution is 2.23. The predicted octanol–water partition coefficient (Wildman–Crippen LogP) is 3.32. The van der Waals surface area contributed by atoms with Crippen molar-refractivity contribution < 1.29 is 4.79 Å². The largest absolute Gasteiger partial charge is 0.349 e. The van der Waals surface area contributed by atoms with Crippen LogP contribution in [0.3, 0.4) is 0 Å². The van der Waals surface area contributed by atoms with Crippen LogP contribution in [0.1, 0.15) is 36.2 Å². The fraction of sp³-hybridized carbons (Fsp3) is 0.400. The molecule has 0 unspecified atom stereocenters. The highest BCUT2D eigenvalue weighted by Gasteiger charge is 2.13. The van der Waals surface area contributed by atoms with Crippen molar-refractivity contribution in [2.75, 3.05) is 26.2 Å². The van der Waals surface area contributed by atoms with Crippen molar-refractivity contribution in [3.8, 4) is 0 Å². The van der Waals surface area contributed by atoms with Gasteiger partial charge in [-0.3, -0.25) is 9.78 Å². The van der Waals surface area contributed by atoms with E-state index in [2.05, 4.69) is 20.2 Å². The van der Waals surface area contributed by atoms with Gasteiger partial charge in [-0.15, -0.1) is 0 Å². The fourth-order valence-electron chi connectivity index (χ4n) is 3.64. The maximum Gasteiger partial charge on any atom is 0.267 e. The number of nitrogens with zero attached hydrogens (tertiary/aromatic N) is 2. The van der Waals surface area contributed by atoms with Gasteiger partial charge < -0.3 is 15.2 Å². The average molecular weight is 336 g/mol. The highest BCUT2D eigenvalue weighted by atomic mass is 16.1. The van der Waals surface area contributed by atoms with Crippen LogP contribution in [-0.2, 0) is 0 Å². The van der Waals surface area contributed by atoms with Gasteiger partial charge in [-0.2, -0.15) is 0 Å². The molecule has 130 valence electrons. The third-order valence-electron chi connectivity index (χ3n) is 5.02. The van der Waals surface area contributed by atoms with E-state index in [0.717, 1.165) is 41.4 Å². The Hall–Kier alpha value is -2.40. The molecule has 5 heteroatoms. The second-order valence-corrected chi connectivity index (χ2v) is 6.80. The highest BCUT2D eigenvalue weighted by molar-refractivity contribution is 6.07.